The number of nitrogens with one attached hydrogen (secondary N) is 1. The molecule has 0 unspecified atom stereocenters. The summed E-state index contributed by atoms with van der Waals surface area (Å²) in [5.41, 5.74) is 4.22. The van der Waals surface area contributed by atoms with Crippen molar-refractivity contribution < 1.29 is 4.79 Å². The first kappa shape index (κ1) is 13.7. The third kappa shape index (κ3) is 4.46. The van der Waals surface area contributed by atoms with Gasteiger partial charge in [-0.3, -0.25) is 4.79 Å². The lowest BCUT2D eigenvalue weighted by Crippen LogP contribution is -2.19. The number of thiazole rings is 1. The number of halogens is 1. The smallest absolute Gasteiger partial charge is 0.246 e. The van der Waals surface area contributed by atoms with E-state index in [1.54, 1.807) is 18.3 Å². The second-order valence-corrected chi connectivity index (χ2v) is 5.29. The van der Waals surface area contributed by atoms with Crippen molar-refractivity contribution in [2.45, 2.75) is 13.3 Å². The largest absolute Gasteiger partial charge is 0.273 e. The molecule has 19 heavy (non-hydrogen) atoms. The van der Waals surface area contributed by atoms with E-state index in [4.69, 9.17) is 11.6 Å². The monoisotopic (exact) mass is 293 g/mol. The van der Waals surface area contributed by atoms with Gasteiger partial charge in [0.2, 0.25) is 5.91 Å². The molecule has 0 saturated carbocycles. The lowest BCUT2D eigenvalue weighted by atomic mass is 10.2. The Bertz CT molecular complexity index is 609. The Balaban J connectivity index is 1.86. The average molecular weight is 294 g/mol. The first-order chi connectivity index (χ1) is 9.13. The highest BCUT2D eigenvalue weighted by molar-refractivity contribution is 7.09. The highest BCUT2D eigenvalue weighted by Gasteiger charge is 2.05. The Hall–Kier alpha value is -1.72. The fourth-order valence-corrected chi connectivity index (χ4v) is 2.40. The van der Waals surface area contributed by atoms with E-state index < -0.39 is 0 Å². The summed E-state index contributed by atoms with van der Waals surface area (Å²) < 4.78 is 0. The van der Waals surface area contributed by atoms with Crippen LogP contribution in [0.5, 0.6) is 0 Å². The molecule has 0 aliphatic rings. The Morgan fingerprint density at radius 1 is 1.58 bits per heavy atom. The average Bonchev–Trinajstić information content (AvgIpc) is 2.75. The van der Waals surface area contributed by atoms with Gasteiger partial charge in [0.15, 0.2) is 0 Å². The number of aryl methyl sites for hydroxylation is 1. The number of hydrogen-bond acceptors (Lipinski definition) is 4. The molecular formula is C13H12ClN3OS. The van der Waals surface area contributed by atoms with Crippen LogP contribution in [0.3, 0.4) is 0 Å². The number of aromatic nitrogens is 1. The number of benzene rings is 1. The van der Waals surface area contributed by atoms with Crippen molar-refractivity contribution in [2.75, 3.05) is 0 Å². The van der Waals surface area contributed by atoms with E-state index in [9.17, 15) is 4.79 Å². The van der Waals surface area contributed by atoms with Gasteiger partial charge >= 0.3 is 0 Å². The van der Waals surface area contributed by atoms with Gasteiger partial charge in [-0.25, -0.2) is 10.4 Å². The molecular weight excluding hydrogens is 282 g/mol. The maximum absolute atomic E-state index is 11.6. The van der Waals surface area contributed by atoms with Crippen LogP contribution in [0.25, 0.3) is 0 Å². The van der Waals surface area contributed by atoms with E-state index in [2.05, 4.69) is 15.5 Å². The van der Waals surface area contributed by atoms with E-state index in [-0.39, 0.29) is 12.3 Å². The molecule has 0 aliphatic carbocycles. The van der Waals surface area contributed by atoms with E-state index in [1.807, 2.05) is 24.4 Å². The Kier molecular flexibility index (Phi) is 4.65. The van der Waals surface area contributed by atoms with Crippen molar-refractivity contribution in [2.24, 2.45) is 5.10 Å². The van der Waals surface area contributed by atoms with E-state index >= 15 is 0 Å². The van der Waals surface area contributed by atoms with E-state index in [1.165, 1.54) is 11.3 Å². The molecule has 1 aromatic carbocycles. The van der Waals surface area contributed by atoms with Gasteiger partial charge in [0, 0.05) is 16.1 Å². The third-order valence-corrected chi connectivity index (χ3v) is 3.43. The zero-order valence-electron chi connectivity index (χ0n) is 10.3. The first-order valence-electron chi connectivity index (χ1n) is 5.62. The highest BCUT2D eigenvalue weighted by atomic mass is 35.5. The Labute approximate surface area is 120 Å². The number of hydrogen-bond donors (Lipinski definition) is 1. The maximum Gasteiger partial charge on any atom is 0.246 e. The van der Waals surface area contributed by atoms with Crippen LogP contribution >= 0.6 is 22.9 Å². The van der Waals surface area contributed by atoms with Gasteiger partial charge in [0.1, 0.15) is 5.01 Å². The van der Waals surface area contributed by atoms with Crippen molar-refractivity contribution >= 4 is 35.1 Å². The van der Waals surface area contributed by atoms with Gasteiger partial charge in [-0.15, -0.1) is 11.3 Å². The summed E-state index contributed by atoms with van der Waals surface area (Å²) in [6.45, 7) is 1.90. The van der Waals surface area contributed by atoms with Gasteiger partial charge in [0.05, 0.1) is 12.6 Å². The number of nitrogens with zero attached hydrogens (tertiary/aromatic N) is 2. The molecule has 1 heterocycles. The van der Waals surface area contributed by atoms with E-state index in [0.29, 0.717) is 5.02 Å². The van der Waals surface area contributed by atoms with Gasteiger partial charge < -0.3 is 0 Å². The first-order valence-corrected chi connectivity index (χ1v) is 6.88. The van der Waals surface area contributed by atoms with Crippen molar-refractivity contribution in [1.82, 2.24) is 10.4 Å². The normalized spacial score (nSPS) is 10.8. The van der Waals surface area contributed by atoms with E-state index in [0.717, 1.165) is 16.3 Å². The molecule has 0 atom stereocenters. The molecule has 0 fully saturated rings. The molecule has 98 valence electrons. The summed E-state index contributed by atoms with van der Waals surface area (Å²) >= 11 is 7.31. The van der Waals surface area contributed by atoms with Crippen LogP contribution in [0.2, 0.25) is 5.02 Å². The molecule has 2 aromatic rings. The molecule has 0 bridgehead atoms. The number of carbonyl (C=O) groups is 1. The van der Waals surface area contributed by atoms with Crippen LogP contribution in [0.1, 0.15) is 16.3 Å². The molecule has 0 spiro atoms. The Morgan fingerprint density at radius 3 is 3.11 bits per heavy atom. The zero-order chi connectivity index (χ0) is 13.7. The lowest BCUT2D eigenvalue weighted by molar-refractivity contribution is -0.120. The van der Waals surface area contributed by atoms with Crippen molar-refractivity contribution in [3.05, 3.63) is 50.9 Å². The number of carbonyl (C=O) groups excluding carboxylic acids is 1. The molecule has 6 heteroatoms. The number of amides is 1. The summed E-state index contributed by atoms with van der Waals surface area (Å²) in [6, 6.07) is 7.22. The van der Waals surface area contributed by atoms with Gasteiger partial charge in [-0.1, -0.05) is 23.7 Å². The lowest BCUT2D eigenvalue weighted by Gasteiger charge is -1.97. The quantitative estimate of drug-likeness (QED) is 0.696. The molecule has 2 rings (SSSR count). The van der Waals surface area contributed by atoms with Crippen LogP contribution in [-0.2, 0) is 11.2 Å². The maximum atomic E-state index is 11.6. The summed E-state index contributed by atoms with van der Waals surface area (Å²) in [5.74, 6) is -0.187. The third-order valence-electron chi connectivity index (χ3n) is 2.23. The van der Waals surface area contributed by atoms with Crippen molar-refractivity contribution in [3.8, 4) is 0 Å². The van der Waals surface area contributed by atoms with Gasteiger partial charge in [0.25, 0.3) is 0 Å². The summed E-state index contributed by atoms with van der Waals surface area (Å²) in [7, 11) is 0. The predicted molar refractivity (Wildman–Crippen MR) is 77.7 cm³/mol. The molecule has 0 saturated heterocycles. The van der Waals surface area contributed by atoms with Crippen LogP contribution in [0, 0.1) is 6.92 Å². The number of rotatable bonds is 4. The van der Waals surface area contributed by atoms with Crippen molar-refractivity contribution in [3.63, 3.8) is 0 Å². The Morgan fingerprint density at radius 2 is 2.42 bits per heavy atom. The zero-order valence-corrected chi connectivity index (χ0v) is 11.8. The van der Waals surface area contributed by atoms with Crippen LogP contribution in [0.4, 0.5) is 0 Å². The molecule has 1 amide bonds. The second kappa shape index (κ2) is 6.45. The fourth-order valence-electron chi connectivity index (χ4n) is 1.43. The number of hydrazone groups is 1. The highest BCUT2D eigenvalue weighted by Crippen LogP contribution is 2.09. The topological polar surface area (TPSA) is 54.4 Å². The minimum absolute atomic E-state index is 0.187. The molecule has 0 radical (unpaired) electrons. The summed E-state index contributed by atoms with van der Waals surface area (Å²) in [5, 5.41) is 7.21. The standard InChI is InChI=1S/C13H12ClN3OS/c1-9-8-19-13(16-9)6-12(18)17-15-7-10-3-2-4-11(14)5-10/h2-5,7-8H,6H2,1H3,(H,17,18)/b15-7-. The second-order valence-electron chi connectivity index (χ2n) is 3.91. The fraction of sp³-hybridized carbons (Fsp3) is 0.154. The molecule has 0 aliphatic heterocycles. The molecule has 1 N–H and O–H groups in total. The SMILES string of the molecule is Cc1csc(CC(=O)N/N=C\c2cccc(Cl)c2)n1. The van der Waals surface area contributed by atoms with Crippen molar-refractivity contribution in [1.29, 1.82) is 0 Å². The van der Waals surface area contributed by atoms with Gasteiger partial charge in [-0.2, -0.15) is 5.10 Å². The van der Waals surface area contributed by atoms with Gasteiger partial charge in [-0.05, 0) is 24.6 Å². The molecule has 1 aromatic heterocycles. The van der Waals surface area contributed by atoms with Crippen LogP contribution in [0.15, 0.2) is 34.7 Å². The minimum Gasteiger partial charge on any atom is -0.273 e. The minimum atomic E-state index is -0.187. The summed E-state index contributed by atoms with van der Waals surface area (Å²) in [4.78, 5) is 15.8. The summed E-state index contributed by atoms with van der Waals surface area (Å²) in [6.07, 6.45) is 1.79. The molecule has 4 nitrogen and oxygen atoms in total. The van der Waals surface area contributed by atoms with Crippen LogP contribution < -0.4 is 5.43 Å². The van der Waals surface area contributed by atoms with Crippen LogP contribution in [-0.4, -0.2) is 17.1 Å². The predicted octanol–water partition coefficient (Wildman–Crippen LogP) is 2.80.